The van der Waals surface area contributed by atoms with Crippen LogP contribution in [0.15, 0.2) is 91.0 Å². The third kappa shape index (κ3) is 4.07. The fourth-order valence-electron chi connectivity index (χ4n) is 3.16. The number of ether oxygens (including phenoxy) is 1. The maximum atomic E-state index is 6.23. The normalized spacial score (nSPS) is 10.7. The smallest absolute Gasteiger partial charge is 0.124 e. The highest BCUT2D eigenvalue weighted by molar-refractivity contribution is 6.33. The molecular weight excluding hydrogens is 354 g/mol. The summed E-state index contributed by atoms with van der Waals surface area (Å²) >= 11 is 6.23. The van der Waals surface area contributed by atoms with Gasteiger partial charge in [0.1, 0.15) is 12.4 Å². The van der Waals surface area contributed by atoms with Gasteiger partial charge in [0.05, 0.1) is 10.7 Å². The number of halogens is 1. The Morgan fingerprint density at radius 1 is 0.704 bits per heavy atom. The molecule has 0 spiro atoms. The molecule has 3 heteroatoms. The maximum absolute atomic E-state index is 6.23. The minimum atomic E-state index is 0.532. The van der Waals surface area contributed by atoms with Crippen molar-refractivity contribution in [1.82, 2.24) is 0 Å². The van der Waals surface area contributed by atoms with E-state index < -0.39 is 0 Å². The molecular formula is C24H20ClNO. The minimum absolute atomic E-state index is 0.532. The highest BCUT2D eigenvalue weighted by Gasteiger charge is 2.06. The van der Waals surface area contributed by atoms with Crippen LogP contribution in [0.5, 0.6) is 5.75 Å². The Morgan fingerprint density at radius 3 is 2.33 bits per heavy atom. The third-order valence-electron chi connectivity index (χ3n) is 4.58. The second-order valence-electron chi connectivity index (χ2n) is 6.37. The molecule has 0 aliphatic heterocycles. The van der Waals surface area contributed by atoms with E-state index in [4.69, 9.17) is 16.3 Å². The zero-order valence-electron chi connectivity index (χ0n) is 14.9. The van der Waals surface area contributed by atoms with Crippen LogP contribution in [0.2, 0.25) is 5.02 Å². The number of rotatable bonds is 6. The first-order valence-electron chi connectivity index (χ1n) is 8.97. The van der Waals surface area contributed by atoms with Gasteiger partial charge in [-0.25, -0.2) is 0 Å². The molecule has 0 amide bonds. The molecule has 0 aliphatic rings. The van der Waals surface area contributed by atoms with Crippen LogP contribution < -0.4 is 10.1 Å². The molecule has 2 nitrogen and oxygen atoms in total. The van der Waals surface area contributed by atoms with Crippen LogP contribution in [0.4, 0.5) is 5.69 Å². The van der Waals surface area contributed by atoms with Gasteiger partial charge in [0, 0.05) is 12.1 Å². The van der Waals surface area contributed by atoms with E-state index in [2.05, 4.69) is 53.8 Å². The summed E-state index contributed by atoms with van der Waals surface area (Å²) in [6.45, 7) is 1.18. The van der Waals surface area contributed by atoms with E-state index in [1.165, 1.54) is 16.3 Å². The van der Waals surface area contributed by atoms with Crippen LogP contribution in [0.25, 0.3) is 10.8 Å². The molecule has 0 aliphatic carbocycles. The number of para-hydroxylation sites is 2. The lowest BCUT2D eigenvalue weighted by Crippen LogP contribution is -2.04. The van der Waals surface area contributed by atoms with Gasteiger partial charge in [-0.2, -0.15) is 0 Å². The number of nitrogens with one attached hydrogen (secondary N) is 1. The van der Waals surface area contributed by atoms with Crippen molar-refractivity contribution in [2.24, 2.45) is 0 Å². The largest absolute Gasteiger partial charge is 0.489 e. The van der Waals surface area contributed by atoms with Gasteiger partial charge >= 0.3 is 0 Å². The maximum Gasteiger partial charge on any atom is 0.124 e. The molecule has 0 heterocycles. The Morgan fingerprint density at radius 2 is 1.41 bits per heavy atom. The quantitative estimate of drug-likeness (QED) is 0.406. The predicted octanol–water partition coefficient (Wildman–Crippen LogP) is 6.68. The van der Waals surface area contributed by atoms with Crippen LogP contribution in [-0.4, -0.2) is 0 Å². The van der Waals surface area contributed by atoms with Crippen molar-refractivity contribution in [3.05, 3.63) is 107 Å². The molecule has 4 aromatic carbocycles. The topological polar surface area (TPSA) is 21.3 Å². The van der Waals surface area contributed by atoms with Crippen LogP contribution in [0.1, 0.15) is 11.1 Å². The molecule has 4 aromatic rings. The van der Waals surface area contributed by atoms with Gasteiger partial charge in [0.15, 0.2) is 0 Å². The molecule has 0 unspecified atom stereocenters. The summed E-state index contributed by atoms with van der Waals surface area (Å²) in [4.78, 5) is 0. The number of hydrogen-bond donors (Lipinski definition) is 1. The Balaban J connectivity index is 1.50. The van der Waals surface area contributed by atoms with Gasteiger partial charge in [-0.05, 0) is 34.5 Å². The van der Waals surface area contributed by atoms with E-state index in [0.717, 1.165) is 17.0 Å². The van der Waals surface area contributed by atoms with Crippen molar-refractivity contribution >= 4 is 28.1 Å². The summed E-state index contributed by atoms with van der Waals surface area (Å²) in [7, 11) is 0. The molecule has 27 heavy (non-hydrogen) atoms. The van der Waals surface area contributed by atoms with E-state index in [1.807, 2.05) is 42.5 Å². The van der Waals surface area contributed by atoms with Gasteiger partial charge in [-0.3, -0.25) is 0 Å². The highest BCUT2D eigenvalue weighted by atomic mass is 35.5. The fourth-order valence-corrected chi connectivity index (χ4v) is 3.36. The summed E-state index contributed by atoms with van der Waals surface area (Å²) in [6.07, 6.45) is 0. The number of benzene rings is 4. The Labute approximate surface area is 164 Å². The molecule has 0 atom stereocenters. The first kappa shape index (κ1) is 17.4. The van der Waals surface area contributed by atoms with E-state index in [9.17, 15) is 0 Å². The summed E-state index contributed by atoms with van der Waals surface area (Å²) in [5, 5.41) is 6.56. The molecule has 0 saturated carbocycles. The van der Waals surface area contributed by atoms with Crippen molar-refractivity contribution in [1.29, 1.82) is 0 Å². The van der Waals surface area contributed by atoms with Gasteiger partial charge in [-0.15, -0.1) is 0 Å². The highest BCUT2D eigenvalue weighted by Crippen LogP contribution is 2.25. The second-order valence-corrected chi connectivity index (χ2v) is 6.78. The van der Waals surface area contributed by atoms with E-state index in [0.29, 0.717) is 18.2 Å². The number of hydrogen-bond acceptors (Lipinski definition) is 2. The molecule has 0 radical (unpaired) electrons. The second kappa shape index (κ2) is 8.15. The lowest BCUT2D eigenvalue weighted by Gasteiger charge is -2.14. The van der Waals surface area contributed by atoms with E-state index >= 15 is 0 Å². The summed E-state index contributed by atoms with van der Waals surface area (Å²) in [6, 6.07) is 30.6. The monoisotopic (exact) mass is 373 g/mol. The molecule has 4 rings (SSSR count). The average Bonchev–Trinajstić information content (AvgIpc) is 2.72. The SMILES string of the molecule is Clc1ccccc1NCc1ccccc1OCc1cccc2ccccc12. The van der Waals surface area contributed by atoms with Gasteiger partial charge in [-0.1, -0.05) is 84.4 Å². The zero-order valence-corrected chi connectivity index (χ0v) is 15.6. The summed E-state index contributed by atoms with van der Waals surface area (Å²) < 4.78 is 6.18. The lowest BCUT2D eigenvalue weighted by atomic mass is 10.1. The molecule has 1 N–H and O–H groups in total. The van der Waals surface area contributed by atoms with Crippen LogP contribution >= 0.6 is 11.6 Å². The molecule has 0 bridgehead atoms. The molecule has 0 aromatic heterocycles. The minimum Gasteiger partial charge on any atom is -0.489 e. The first-order chi connectivity index (χ1) is 13.3. The van der Waals surface area contributed by atoms with Crippen molar-refractivity contribution < 1.29 is 4.74 Å². The van der Waals surface area contributed by atoms with Gasteiger partial charge in [0.25, 0.3) is 0 Å². The molecule has 134 valence electrons. The average molecular weight is 374 g/mol. The van der Waals surface area contributed by atoms with Crippen LogP contribution in [0, 0.1) is 0 Å². The van der Waals surface area contributed by atoms with E-state index in [-0.39, 0.29) is 0 Å². The van der Waals surface area contributed by atoms with Crippen molar-refractivity contribution in [3.63, 3.8) is 0 Å². The lowest BCUT2D eigenvalue weighted by molar-refractivity contribution is 0.304. The Hall–Kier alpha value is -2.97. The fraction of sp³-hybridized carbons (Fsp3) is 0.0833. The zero-order chi connectivity index (χ0) is 18.5. The Bertz CT molecular complexity index is 1060. The van der Waals surface area contributed by atoms with Crippen molar-refractivity contribution in [3.8, 4) is 5.75 Å². The molecule has 0 fully saturated rings. The van der Waals surface area contributed by atoms with E-state index in [1.54, 1.807) is 0 Å². The molecule has 0 saturated heterocycles. The van der Waals surface area contributed by atoms with Crippen molar-refractivity contribution in [2.45, 2.75) is 13.2 Å². The van der Waals surface area contributed by atoms with Crippen LogP contribution in [-0.2, 0) is 13.2 Å². The number of anilines is 1. The summed E-state index contributed by atoms with van der Waals surface area (Å²) in [5.74, 6) is 0.880. The predicted molar refractivity (Wildman–Crippen MR) is 114 cm³/mol. The third-order valence-corrected chi connectivity index (χ3v) is 4.91. The number of fused-ring (bicyclic) bond motifs is 1. The van der Waals surface area contributed by atoms with Crippen LogP contribution in [0.3, 0.4) is 0 Å². The first-order valence-corrected chi connectivity index (χ1v) is 9.35. The Kier molecular flexibility index (Phi) is 5.27. The van der Waals surface area contributed by atoms with Gasteiger partial charge in [0.2, 0.25) is 0 Å². The standard InChI is InChI=1S/C24H20ClNO/c25-22-13-4-5-14-23(22)26-16-19-9-2-6-15-24(19)27-17-20-11-7-10-18-8-1-3-12-21(18)20/h1-15,26H,16-17H2. The van der Waals surface area contributed by atoms with Crippen molar-refractivity contribution in [2.75, 3.05) is 5.32 Å². The summed E-state index contributed by atoms with van der Waals surface area (Å²) in [5.41, 5.74) is 3.20. The van der Waals surface area contributed by atoms with Gasteiger partial charge < -0.3 is 10.1 Å².